The fraction of sp³-hybridized carbons (Fsp3) is 0.364. The molecule has 2 N–H and O–H groups in total. The van der Waals surface area contributed by atoms with Crippen LogP contribution in [-0.2, 0) is 0 Å². The minimum atomic E-state index is -1.37. The first-order chi connectivity index (χ1) is 8.88. The molecule has 102 valence electrons. The largest absolute Gasteiger partial charge is 0.393 e. The zero-order valence-electron chi connectivity index (χ0n) is 9.60. The number of halogens is 2. The fourth-order valence-corrected chi connectivity index (χ4v) is 1.84. The molecule has 8 heteroatoms. The third-order valence-corrected chi connectivity index (χ3v) is 2.91. The summed E-state index contributed by atoms with van der Waals surface area (Å²) in [4.78, 5) is 21.1. The van der Waals surface area contributed by atoms with Gasteiger partial charge in [-0.2, -0.15) is 4.39 Å². The molecule has 1 aliphatic carbocycles. The SMILES string of the molecule is O=C(NC1CC(O)C1)c1cc(F)cc([N+](=O)[O-])c1F. The molecule has 1 saturated carbocycles. The van der Waals surface area contributed by atoms with Crippen molar-refractivity contribution in [3.05, 3.63) is 39.4 Å². The Kier molecular flexibility index (Phi) is 3.43. The number of hydrogen-bond acceptors (Lipinski definition) is 4. The predicted octanol–water partition coefficient (Wildman–Crippen LogP) is 1.13. The van der Waals surface area contributed by atoms with Crippen molar-refractivity contribution in [2.75, 3.05) is 0 Å². The van der Waals surface area contributed by atoms with E-state index in [2.05, 4.69) is 5.32 Å². The van der Waals surface area contributed by atoms with E-state index in [0.717, 1.165) is 0 Å². The number of nitrogens with zero attached hydrogens (tertiary/aromatic N) is 1. The van der Waals surface area contributed by atoms with Gasteiger partial charge in [-0.05, 0) is 18.9 Å². The second kappa shape index (κ2) is 4.88. The van der Waals surface area contributed by atoms with Gasteiger partial charge in [-0.1, -0.05) is 0 Å². The van der Waals surface area contributed by atoms with Gasteiger partial charge in [0, 0.05) is 6.04 Å². The molecule has 1 aliphatic rings. The summed E-state index contributed by atoms with van der Waals surface area (Å²) in [6, 6.07) is 0.690. The molecule has 6 nitrogen and oxygen atoms in total. The Balaban J connectivity index is 2.23. The van der Waals surface area contributed by atoms with Gasteiger partial charge in [0.15, 0.2) is 0 Å². The van der Waals surface area contributed by atoms with E-state index in [4.69, 9.17) is 5.11 Å². The molecule has 19 heavy (non-hydrogen) atoms. The molecular weight excluding hydrogens is 262 g/mol. The summed E-state index contributed by atoms with van der Waals surface area (Å²) < 4.78 is 26.8. The van der Waals surface area contributed by atoms with Crippen molar-refractivity contribution in [3.8, 4) is 0 Å². The number of nitro groups is 1. The highest BCUT2D eigenvalue weighted by atomic mass is 19.1. The van der Waals surface area contributed by atoms with Crippen LogP contribution in [0.4, 0.5) is 14.5 Å². The van der Waals surface area contributed by atoms with E-state index in [1.807, 2.05) is 0 Å². The molecule has 0 bridgehead atoms. The van der Waals surface area contributed by atoms with Gasteiger partial charge in [-0.3, -0.25) is 14.9 Å². The Bertz CT molecular complexity index is 544. The van der Waals surface area contributed by atoms with Gasteiger partial charge in [-0.25, -0.2) is 4.39 Å². The Morgan fingerprint density at radius 2 is 2.05 bits per heavy atom. The van der Waals surface area contributed by atoms with Crippen molar-refractivity contribution < 1.29 is 23.6 Å². The van der Waals surface area contributed by atoms with E-state index in [-0.39, 0.29) is 6.04 Å². The summed E-state index contributed by atoms with van der Waals surface area (Å²) in [5.74, 6) is -3.37. The van der Waals surface area contributed by atoms with Crippen LogP contribution in [0.5, 0.6) is 0 Å². The highest BCUT2D eigenvalue weighted by molar-refractivity contribution is 5.95. The number of amides is 1. The molecule has 0 heterocycles. The van der Waals surface area contributed by atoms with Crippen LogP contribution in [0.15, 0.2) is 12.1 Å². The Morgan fingerprint density at radius 3 is 2.58 bits per heavy atom. The molecule has 1 aromatic rings. The summed E-state index contributed by atoms with van der Waals surface area (Å²) in [5.41, 5.74) is -1.80. The van der Waals surface area contributed by atoms with Crippen molar-refractivity contribution in [1.82, 2.24) is 5.32 Å². The summed E-state index contributed by atoms with van der Waals surface area (Å²) >= 11 is 0. The predicted molar refractivity (Wildman–Crippen MR) is 59.5 cm³/mol. The number of nitrogens with one attached hydrogen (secondary N) is 1. The van der Waals surface area contributed by atoms with Gasteiger partial charge in [0.2, 0.25) is 5.82 Å². The molecule has 0 aromatic heterocycles. The monoisotopic (exact) mass is 272 g/mol. The number of aliphatic hydroxyl groups excluding tert-OH is 1. The van der Waals surface area contributed by atoms with Crippen LogP contribution in [0, 0.1) is 21.7 Å². The lowest BCUT2D eigenvalue weighted by atomic mass is 9.89. The number of carbonyl (C=O) groups excluding carboxylic acids is 1. The smallest absolute Gasteiger partial charge is 0.308 e. The highest BCUT2D eigenvalue weighted by Crippen LogP contribution is 2.24. The van der Waals surface area contributed by atoms with Crippen LogP contribution in [0.25, 0.3) is 0 Å². The molecule has 1 fully saturated rings. The molecule has 0 aliphatic heterocycles. The summed E-state index contributed by atoms with van der Waals surface area (Å²) in [6.07, 6.45) is 0.132. The van der Waals surface area contributed by atoms with Crippen LogP contribution in [-0.4, -0.2) is 28.1 Å². The van der Waals surface area contributed by atoms with E-state index in [9.17, 15) is 23.7 Å². The molecule has 0 atom stereocenters. The van der Waals surface area contributed by atoms with Gasteiger partial charge in [0.05, 0.1) is 22.7 Å². The standard InChI is InChI=1S/C11H10F2N2O4/c12-5-1-8(10(13)9(2-5)15(18)19)11(17)14-6-3-7(16)4-6/h1-2,6-7,16H,3-4H2,(H,14,17). The number of benzene rings is 1. The van der Waals surface area contributed by atoms with Crippen molar-refractivity contribution in [3.63, 3.8) is 0 Å². The van der Waals surface area contributed by atoms with Crippen molar-refractivity contribution in [2.24, 2.45) is 0 Å². The van der Waals surface area contributed by atoms with E-state index in [1.54, 1.807) is 0 Å². The minimum absolute atomic E-state index is 0.324. The third-order valence-electron chi connectivity index (χ3n) is 2.91. The summed E-state index contributed by atoms with van der Waals surface area (Å²) in [5, 5.41) is 21.9. The molecule has 1 amide bonds. The van der Waals surface area contributed by atoms with Crippen LogP contribution in [0.1, 0.15) is 23.2 Å². The van der Waals surface area contributed by atoms with Gasteiger partial charge >= 0.3 is 5.69 Å². The minimum Gasteiger partial charge on any atom is -0.393 e. The number of rotatable bonds is 3. The Morgan fingerprint density at radius 1 is 1.42 bits per heavy atom. The molecule has 2 rings (SSSR count). The van der Waals surface area contributed by atoms with Crippen LogP contribution in [0.3, 0.4) is 0 Å². The van der Waals surface area contributed by atoms with E-state index in [0.29, 0.717) is 25.0 Å². The van der Waals surface area contributed by atoms with Gasteiger partial charge in [0.25, 0.3) is 5.91 Å². The quantitative estimate of drug-likeness (QED) is 0.637. The average molecular weight is 272 g/mol. The zero-order chi connectivity index (χ0) is 14.2. The van der Waals surface area contributed by atoms with Gasteiger partial charge in [-0.15, -0.1) is 0 Å². The Labute approximate surface area is 106 Å². The fourth-order valence-electron chi connectivity index (χ4n) is 1.84. The maximum absolute atomic E-state index is 13.7. The van der Waals surface area contributed by atoms with Gasteiger partial charge in [0.1, 0.15) is 5.82 Å². The zero-order valence-corrected chi connectivity index (χ0v) is 9.60. The maximum atomic E-state index is 13.7. The summed E-state index contributed by atoms with van der Waals surface area (Å²) in [6.45, 7) is 0. The normalized spacial score (nSPS) is 21.6. The maximum Gasteiger partial charge on any atom is 0.308 e. The van der Waals surface area contributed by atoms with Crippen LogP contribution in [0.2, 0.25) is 0 Å². The molecule has 1 aromatic carbocycles. The number of hydrogen-bond donors (Lipinski definition) is 2. The summed E-state index contributed by atoms with van der Waals surface area (Å²) in [7, 11) is 0. The molecule has 0 radical (unpaired) electrons. The molecular formula is C11H10F2N2O4. The third kappa shape index (κ3) is 2.68. The van der Waals surface area contributed by atoms with Crippen molar-refractivity contribution in [2.45, 2.75) is 25.0 Å². The van der Waals surface area contributed by atoms with Crippen molar-refractivity contribution >= 4 is 11.6 Å². The lowest BCUT2D eigenvalue weighted by Crippen LogP contribution is -2.46. The first-order valence-electron chi connectivity index (χ1n) is 5.51. The van der Waals surface area contributed by atoms with E-state index >= 15 is 0 Å². The highest BCUT2D eigenvalue weighted by Gasteiger charge is 2.31. The van der Waals surface area contributed by atoms with Crippen LogP contribution >= 0.6 is 0 Å². The Hall–Kier alpha value is -2.09. The average Bonchev–Trinajstić information content (AvgIpc) is 2.29. The second-order valence-electron chi connectivity index (χ2n) is 4.34. The number of aliphatic hydroxyl groups is 1. The number of nitro benzene ring substituents is 1. The van der Waals surface area contributed by atoms with E-state index in [1.165, 1.54) is 0 Å². The molecule has 0 saturated heterocycles. The second-order valence-corrected chi connectivity index (χ2v) is 4.34. The first-order valence-corrected chi connectivity index (χ1v) is 5.51. The molecule has 0 unspecified atom stereocenters. The topological polar surface area (TPSA) is 92.5 Å². The van der Waals surface area contributed by atoms with Crippen LogP contribution < -0.4 is 5.32 Å². The van der Waals surface area contributed by atoms with Crippen molar-refractivity contribution in [1.29, 1.82) is 0 Å². The van der Waals surface area contributed by atoms with Gasteiger partial charge < -0.3 is 10.4 Å². The van der Waals surface area contributed by atoms with E-state index < -0.39 is 39.8 Å². The lowest BCUT2D eigenvalue weighted by Gasteiger charge is -2.31. The molecule has 0 spiro atoms. The number of carbonyl (C=O) groups is 1. The lowest BCUT2D eigenvalue weighted by molar-refractivity contribution is -0.387. The first kappa shape index (κ1) is 13.3.